The molecule has 0 heterocycles. The van der Waals surface area contributed by atoms with Gasteiger partial charge < -0.3 is 9.84 Å². The fourth-order valence-electron chi connectivity index (χ4n) is 5.45. The Morgan fingerprint density at radius 3 is 1.90 bits per heavy atom. The van der Waals surface area contributed by atoms with Crippen LogP contribution in [0.1, 0.15) is 90.4 Å². The minimum absolute atomic E-state index is 0.0249. The molecule has 1 unspecified atom stereocenters. The van der Waals surface area contributed by atoms with Crippen LogP contribution in [0.3, 0.4) is 0 Å². The topological polar surface area (TPSA) is 46.5 Å². The zero-order chi connectivity index (χ0) is 22.6. The molecule has 2 aliphatic rings. The summed E-state index contributed by atoms with van der Waals surface area (Å²) in [5.74, 6) is 2.55. The summed E-state index contributed by atoms with van der Waals surface area (Å²) >= 11 is 0. The molecule has 178 valence electrons. The summed E-state index contributed by atoms with van der Waals surface area (Å²) in [5.41, 5.74) is 0.398. The van der Waals surface area contributed by atoms with Crippen molar-refractivity contribution in [3.8, 4) is 0 Å². The minimum atomic E-state index is -1.54. The molecule has 0 bridgehead atoms. The summed E-state index contributed by atoms with van der Waals surface area (Å²) in [5, 5.41) is 9.63. The Bertz CT molecular complexity index is 569. The van der Waals surface area contributed by atoms with Gasteiger partial charge in [0.2, 0.25) is 0 Å². The second-order valence-corrected chi connectivity index (χ2v) is 10.1. The number of hydrogen-bond acceptors (Lipinski definition) is 3. The predicted molar refractivity (Wildman–Crippen MR) is 121 cm³/mol. The van der Waals surface area contributed by atoms with E-state index in [1.165, 1.54) is 64.2 Å². The first-order valence-corrected chi connectivity index (χ1v) is 12.3. The maximum Gasteiger partial charge on any atom is 0.333 e. The molecule has 2 saturated carbocycles. The van der Waals surface area contributed by atoms with Crippen molar-refractivity contribution < 1.29 is 23.4 Å². The molecule has 0 aromatic heterocycles. The van der Waals surface area contributed by atoms with E-state index in [0.29, 0.717) is 23.8 Å². The molecule has 0 aromatic rings. The van der Waals surface area contributed by atoms with Crippen LogP contribution in [0, 0.1) is 29.6 Å². The van der Waals surface area contributed by atoms with Gasteiger partial charge in [-0.2, -0.15) is 8.78 Å². The lowest BCUT2D eigenvalue weighted by atomic mass is 9.74. The second-order valence-electron chi connectivity index (χ2n) is 10.1. The van der Waals surface area contributed by atoms with Crippen molar-refractivity contribution in [2.24, 2.45) is 29.6 Å². The Hall–Kier alpha value is -1.23. The first-order valence-electron chi connectivity index (χ1n) is 12.3. The van der Waals surface area contributed by atoms with Gasteiger partial charge in [-0.05, 0) is 55.9 Å². The number of allylic oxidation sites excluding steroid dienone is 1. The highest BCUT2D eigenvalue weighted by Gasteiger charge is 2.26. The Balaban J connectivity index is 1.57. The minimum Gasteiger partial charge on any atom is -0.462 e. The average Bonchev–Trinajstić information content (AvgIpc) is 2.76. The largest absolute Gasteiger partial charge is 0.462 e. The highest BCUT2D eigenvalue weighted by Crippen LogP contribution is 2.39. The Morgan fingerprint density at radius 2 is 1.45 bits per heavy atom. The van der Waals surface area contributed by atoms with Crippen molar-refractivity contribution in [2.45, 2.75) is 90.4 Å². The summed E-state index contributed by atoms with van der Waals surface area (Å²) in [6, 6.07) is 0. The van der Waals surface area contributed by atoms with Gasteiger partial charge in [0.05, 0.1) is 6.61 Å². The van der Waals surface area contributed by atoms with E-state index in [4.69, 9.17) is 4.74 Å². The third-order valence-electron chi connectivity index (χ3n) is 7.51. The van der Waals surface area contributed by atoms with Gasteiger partial charge in [0.15, 0.2) is 0 Å². The van der Waals surface area contributed by atoms with Crippen LogP contribution in [0.5, 0.6) is 0 Å². The Kier molecular flexibility index (Phi) is 11.8. The van der Waals surface area contributed by atoms with E-state index in [1.54, 1.807) is 6.92 Å². The van der Waals surface area contributed by atoms with Gasteiger partial charge in [0.1, 0.15) is 0 Å². The van der Waals surface area contributed by atoms with Crippen LogP contribution in [0.15, 0.2) is 24.3 Å². The maximum absolute atomic E-state index is 12.2. The monoisotopic (exact) mass is 440 g/mol. The summed E-state index contributed by atoms with van der Waals surface area (Å²) in [6.07, 6.45) is 14.4. The number of rotatable bonds is 12. The number of aliphatic hydroxyl groups excluding tert-OH is 1. The highest BCUT2D eigenvalue weighted by molar-refractivity contribution is 5.86. The summed E-state index contributed by atoms with van der Waals surface area (Å²) < 4.78 is 29.5. The molecule has 31 heavy (non-hydrogen) atoms. The van der Waals surface area contributed by atoms with E-state index in [1.807, 2.05) is 0 Å². The van der Waals surface area contributed by atoms with Crippen LogP contribution in [0.4, 0.5) is 8.78 Å². The molecule has 0 saturated heterocycles. The van der Waals surface area contributed by atoms with Gasteiger partial charge in [-0.3, -0.25) is 0 Å². The van der Waals surface area contributed by atoms with E-state index in [0.717, 1.165) is 30.8 Å². The number of esters is 1. The zero-order valence-electron chi connectivity index (χ0n) is 19.3. The van der Waals surface area contributed by atoms with Gasteiger partial charge >= 0.3 is 5.97 Å². The van der Waals surface area contributed by atoms with Crippen molar-refractivity contribution in [2.75, 3.05) is 13.2 Å². The van der Waals surface area contributed by atoms with Crippen molar-refractivity contribution in [3.05, 3.63) is 24.3 Å². The lowest BCUT2D eigenvalue weighted by Crippen LogP contribution is -2.23. The third kappa shape index (κ3) is 10.3. The molecule has 1 atom stereocenters. The van der Waals surface area contributed by atoms with Crippen molar-refractivity contribution in [1.29, 1.82) is 0 Å². The van der Waals surface area contributed by atoms with E-state index in [-0.39, 0.29) is 25.1 Å². The summed E-state index contributed by atoms with van der Waals surface area (Å²) in [4.78, 5) is 11.6. The Morgan fingerprint density at radius 1 is 0.968 bits per heavy atom. The molecule has 0 aromatic carbocycles. The molecule has 2 aliphatic carbocycles. The molecule has 0 amide bonds. The lowest BCUT2D eigenvalue weighted by molar-refractivity contribution is -0.140. The van der Waals surface area contributed by atoms with Gasteiger partial charge in [0, 0.05) is 18.1 Å². The van der Waals surface area contributed by atoms with E-state index < -0.39 is 6.08 Å². The average molecular weight is 441 g/mol. The van der Waals surface area contributed by atoms with Crippen LogP contribution in [0.2, 0.25) is 0 Å². The molecule has 5 heteroatoms. The molecule has 1 N–H and O–H groups in total. The molecular formula is C26H42F2O3. The second kappa shape index (κ2) is 14.0. The third-order valence-corrected chi connectivity index (χ3v) is 7.51. The number of hydrogen-bond donors (Lipinski definition) is 1. The quantitative estimate of drug-likeness (QED) is 0.261. The van der Waals surface area contributed by atoms with E-state index >= 15 is 0 Å². The standard InChI is InChI=1S/C26H42F2O3/c1-19(2)26(30)31-18-24(17-29)16-23-14-12-22(13-15-23)11-10-21-8-6-20(7-9-21)4-3-5-25(27)28/h5,20-24,29H,1,3-4,6-18H2,2H3. The van der Waals surface area contributed by atoms with Gasteiger partial charge in [-0.25, -0.2) is 4.79 Å². The van der Waals surface area contributed by atoms with Crippen LogP contribution >= 0.6 is 0 Å². The van der Waals surface area contributed by atoms with Crippen molar-refractivity contribution in [1.82, 2.24) is 0 Å². The number of aliphatic hydroxyl groups is 1. The molecule has 0 radical (unpaired) electrons. The van der Waals surface area contributed by atoms with Crippen molar-refractivity contribution in [3.63, 3.8) is 0 Å². The lowest BCUT2D eigenvalue weighted by Gasteiger charge is -2.33. The number of halogens is 2. The number of carbonyl (C=O) groups is 1. The first kappa shape index (κ1) is 26.0. The van der Waals surface area contributed by atoms with Gasteiger partial charge in [-0.15, -0.1) is 0 Å². The molecule has 2 rings (SSSR count). The fraction of sp³-hybridized carbons (Fsp3) is 0.808. The molecule has 0 spiro atoms. The van der Waals surface area contributed by atoms with E-state index in [2.05, 4.69) is 6.58 Å². The summed E-state index contributed by atoms with van der Waals surface area (Å²) in [6.45, 7) is 5.57. The Labute approximate surface area is 187 Å². The van der Waals surface area contributed by atoms with Gasteiger partial charge in [-0.1, -0.05) is 70.8 Å². The first-order chi connectivity index (χ1) is 14.9. The van der Waals surface area contributed by atoms with Crippen LogP contribution < -0.4 is 0 Å². The van der Waals surface area contributed by atoms with Crippen LogP contribution in [-0.4, -0.2) is 24.3 Å². The highest BCUT2D eigenvalue weighted by atomic mass is 19.3. The number of carbonyl (C=O) groups excluding carboxylic acids is 1. The van der Waals surface area contributed by atoms with Crippen molar-refractivity contribution >= 4 is 5.97 Å². The summed E-state index contributed by atoms with van der Waals surface area (Å²) in [7, 11) is 0. The number of ether oxygens (including phenoxy) is 1. The zero-order valence-corrected chi connectivity index (χ0v) is 19.3. The van der Waals surface area contributed by atoms with E-state index in [9.17, 15) is 18.7 Å². The smallest absolute Gasteiger partial charge is 0.333 e. The molecular weight excluding hydrogens is 398 g/mol. The van der Waals surface area contributed by atoms with Crippen LogP contribution in [0.25, 0.3) is 0 Å². The molecule has 3 nitrogen and oxygen atoms in total. The SMILES string of the molecule is C=C(C)C(=O)OCC(CO)CC1CCC(CCC2CCC(CCC=C(F)F)CC2)CC1. The predicted octanol–water partition coefficient (Wildman–Crippen LogP) is 7.06. The van der Waals surface area contributed by atoms with Crippen LogP contribution in [-0.2, 0) is 9.53 Å². The fourth-order valence-corrected chi connectivity index (χ4v) is 5.45. The normalized spacial score (nSPS) is 27.4. The van der Waals surface area contributed by atoms with Gasteiger partial charge in [0.25, 0.3) is 6.08 Å². The molecule has 2 fully saturated rings. The molecule has 0 aliphatic heterocycles. The maximum atomic E-state index is 12.2.